The number of amides is 1. The SMILES string of the molecule is CN1CCN(C(=O)Cc2ccc(OC(F)F)cc2)CC1. The molecule has 1 heterocycles. The molecule has 0 bridgehead atoms. The van der Waals surface area contributed by atoms with Gasteiger partial charge in [0.15, 0.2) is 0 Å². The molecule has 1 saturated heterocycles. The van der Waals surface area contributed by atoms with Gasteiger partial charge in [-0.2, -0.15) is 8.78 Å². The third-order valence-electron chi connectivity index (χ3n) is 3.36. The van der Waals surface area contributed by atoms with E-state index in [2.05, 4.69) is 9.64 Å². The van der Waals surface area contributed by atoms with Crippen molar-refractivity contribution < 1.29 is 18.3 Å². The fraction of sp³-hybridized carbons (Fsp3) is 0.500. The summed E-state index contributed by atoms with van der Waals surface area (Å²) in [6.45, 7) is 0.414. The summed E-state index contributed by atoms with van der Waals surface area (Å²) in [5.74, 6) is 0.177. The van der Waals surface area contributed by atoms with Gasteiger partial charge in [0, 0.05) is 26.2 Å². The van der Waals surface area contributed by atoms with Gasteiger partial charge in [-0.15, -0.1) is 0 Å². The molecule has 0 N–H and O–H groups in total. The molecule has 1 aromatic carbocycles. The minimum Gasteiger partial charge on any atom is -0.435 e. The Kier molecular flexibility index (Phi) is 4.89. The summed E-state index contributed by atoms with van der Waals surface area (Å²) in [6.07, 6.45) is 0.290. The molecule has 0 atom stereocenters. The maximum absolute atomic E-state index is 12.1. The Morgan fingerprint density at radius 1 is 1.20 bits per heavy atom. The molecular weight excluding hydrogens is 266 g/mol. The van der Waals surface area contributed by atoms with Crippen LogP contribution < -0.4 is 4.74 Å². The zero-order valence-corrected chi connectivity index (χ0v) is 11.4. The number of rotatable bonds is 4. The number of carbonyl (C=O) groups excluding carboxylic acids is 1. The number of halogens is 2. The lowest BCUT2D eigenvalue weighted by Gasteiger charge is -2.32. The Labute approximate surface area is 116 Å². The lowest BCUT2D eigenvalue weighted by atomic mass is 10.1. The molecular formula is C14H18F2N2O2. The third-order valence-corrected chi connectivity index (χ3v) is 3.36. The fourth-order valence-corrected chi connectivity index (χ4v) is 2.13. The zero-order chi connectivity index (χ0) is 14.5. The molecule has 0 aliphatic carbocycles. The van der Waals surface area contributed by atoms with Gasteiger partial charge in [-0.1, -0.05) is 12.1 Å². The number of carbonyl (C=O) groups is 1. The number of benzene rings is 1. The van der Waals surface area contributed by atoms with Crippen LogP contribution in [0.4, 0.5) is 8.78 Å². The quantitative estimate of drug-likeness (QED) is 0.842. The fourth-order valence-electron chi connectivity index (χ4n) is 2.13. The average molecular weight is 284 g/mol. The molecule has 0 radical (unpaired) electrons. The summed E-state index contributed by atoms with van der Waals surface area (Å²) in [6, 6.07) is 6.20. The molecule has 0 unspecified atom stereocenters. The van der Waals surface area contributed by atoms with Crippen LogP contribution in [-0.2, 0) is 11.2 Å². The first-order chi connectivity index (χ1) is 9.54. The standard InChI is InChI=1S/C14H18F2N2O2/c1-17-6-8-18(9-7-17)13(19)10-11-2-4-12(5-3-11)20-14(15)16/h2-5,14H,6-10H2,1H3. The van der Waals surface area contributed by atoms with Crippen LogP contribution in [0.1, 0.15) is 5.56 Å². The van der Waals surface area contributed by atoms with Crippen molar-refractivity contribution in [2.45, 2.75) is 13.0 Å². The van der Waals surface area contributed by atoms with Crippen molar-refractivity contribution in [1.29, 1.82) is 0 Å². The van der Waals surface area contributed by atoms with Crippen molar-refractivity contribution in [2.75, 3.05) is 33.2 Å². The van der Waals surface area contributed by atoms with Gasteiger partial charge in [0.05, 0.1) is 6.42 Å². The summed E-state index contributed by atoms with van der Waals surface area (Å²) < 4.78 is 28.3. The van der Waals surface area contributed by atoms with Crippen molar-refractivity contribution in [3.05, 3.63) is 29.8 Å². The van der Waals surface area contributed by atoms with E-state index < -0.39 is 6.61 Å². The molecule has 0 aromatic heterocycles. The maximum atomic E-state index is 12.1. The van der Waals surface area contributed by atoms with Gasteiger partial charge in [-0.3, -0.25) is 4.79 Å². The monoisotopic (exact) mass is 284 g/mol. The topological polar surface area (TPSA) is 32.8 Å². The van der Waals surface area contributed by atoms with Gasteiger partial charge in [0.25, 0.3) is 0 Å². The van der Waals surface area contributed by atoms with E-state index in [9.17, 15) is 13.6 Å². The highest BCUT2D eigenvalue weighted by atomic mass is 19.3. The summed E-state index contributed by atoms with van der Waals surface area (Å²) in [4.78, 5) is 16.1. The molecule has 110 valence electrons. The van der Waals surface area contributed by atoms with Crippen LogP contribution in [0.15, 0.2) is 24.3 Å². The van der Waals surface area contributed by atoms with Gasteiger partial charge in [-0.05, 0) is 24.7 Å². The highest BCUT2D eigenvalue weighted by molar-refractivity contribution is 5.78. The van der Waals surface area contributed by atoms with E-state index in [4.69, 9.17) is 0 Å². The predicted octanol–water partition coefficient (Wildman–Crippen LogP) is 1.60. The minimum absolute atomic E-state index is 0.0700. The minimum atomic E-state index is -2.83. The molecule has 2 rings (SSSR count). The van der Waals surface area contributed by atoms with Gasteiger partial charge in [0.1, 0.15) is 5.75 Å². The van der Waals surface area contributed by atoms with E-state index in [0.717, 1.165) is 31.7 Å². The van der Waals surface area contributed by atoms with Crippen LogP contribution in [0.5, 0.6) is 5.75 Å². The van der Waals surface area contributed by atoms with Crippen molar-refractivity contribution in [3.8, 4) is 5.75 Å². The molecule has 0 spiro atoms. The Bertz CT molecular complexity index is 443. The summed E-state index contributed by atoms with van der Waals surface area (Å²) in [7, 11) is 2.03. The second kappa shape index (κ2) is 6.65. The van der Waals surface area contributed by atoms with E-state index in [0.29, 0.717) is 6.42 Å². The first-order valence-electron chi connectivity index (χ1n) is 6.54. The second-order valence-electron chi connectivity index (χ2n) is 4.88. The number of ether oxygens (including phenoxy) is 1. The van der Waals surface area contributed by atoms with E-state index >= 15 is 0 Å². The van der Waals surface area contributed by atoms with Crippen molar-refractivity contribution in [3.63, 3.8) is 0 Å². The Balaban J connectivity index is 1.88. The number of likely N-dealkylation sites (N-methyl/N-ethyl adjacent to an activating group) is 1. The lowest BCUT2D eigenvalue weighted by Crippen LogP contribution is -2.47. The Hall–Kier alpha value is -1.69. The van der Waals surface area contributed by atoms with E-state index in [1.54, 1.807) is 12.1 Å². The molecule has 1 aromatic rings. The predicted molar refractivity (Wildman–Crippen MR) is 70.9 cm³/mol. The number of hydrogen-bond donors (Lipinski definition) is 0. The number of alkyl halides is 2. The summed E-state index contributed by atoms with van der Waals surface area (Å²) in [5, 5.41) is 0. The Morgan fingerprint density at radius 3 is 2.35 bits per heavy atom. The van der Waals surface area contributed by atoms with Crippen LogP contribution in [-0.4, -0.2) is 55.5 Å². The first-order valence-corrected chi connectivity index (χ1v) is 6.54. The highest BCUT2D eigenvalue weighted by Gasteiger charge is 2.19. The average Bonchev–Trinajstić information content (AvgIpc) is 2.41. The van der Waals surface area contributed by atoms with Crippen LogP contribution in [0, 0.1) is 0 Å². The van der Waals surface area contributed by atoms with E-state index in [1.165, 1.54) is 12.1 Å². The molecule has 1 fully saturated rings. The second-order valence-corrected chi connectivity index (χ2v) is 4.88. The number of nitrogens with zero attached hydrogens (tertiary/aromatic N) is 2. The zero-order valence-electron chi connectivity index (χ0n) is 11.4. The molecule has 6 heteroatoms. The molecule has 0 saturated carbocycles. The van der Waals surface area contributed by atoms with E-state index in [1.807, 2.05) is 11.9 Å². The Morgan fingerprint density at radius 2 is 1.80 bits per heavy atom. The molecule has 20 heavy (non-hydrogen) atoms. The smallest absolute Gasteiger partial charge is 0.387 e. The molecule has 1 aliphatic rings. The van der Waals surface area contributed by atoms with Crippen LogP contribution in [0.25, 0.3) is 0 Å². The molecule has 1 amide bonds. The van der Waals surface area contributed by atoms with Crippen LogP contribution in [0.3, 0.4) is 0 Å². The number of hydrogen-bond acceptors (Lipinski definition) is 3. The summed E-state index contributed by atoms with van der Waals surface area (Å²) in [5.41, 5.74) is 0.801. The van der Waals surface area contributed by atoms with Crippen LogP contribution in [0.2, 0.25) is 0 Å². The third kappa shape index (κ3) is 4.16. The summed E-state index contributed by atoms with van der Waals surface area (Å²) >= 11 is 0. The number of piperazine rings is 1. The first kappa shape index (κ1) is 14.7. The van der Waals surface area contributed by atoms with Gasteiger partial charge in [-0.25, -0.2) is 0 Å². The maximum Gasteiger partial charge on any atom is 0.387 e. The van der Waals surface area contributed by atoms with Crippen molar-refractivity contribution in [1.82, 2.24) is 9.80 Å². The highest BCUT2D eigenvalue weighted by Crippen LogP contribution is 2.15. The van der Waals surface area contributed by atoms with E-state index in [-0.39, 0.29) is 11.7 Å². The largest absolute Gasteiger partial charge is 0.435 e. The normalized spacial score (nSPS) is 16.5. The van der Waals surface area contributed by atoms with Crippen LogP contribution >= 0.6 is 0 Å². The van der Waals surface area contributed by atoms with Crippen molar-refractivity contribution in [2.24, 2.45) is 0 Å². The van der Waals surface area contributed by atoms with Crippen molar-refractivity contribution >= 4 is 5.91 Å². The molecule has 4 nitrogen and oxygen atoms in total. The van der Waals surface area contributed by atoms with Gasteiger partial charge >= 0.3 is 6.61 Å². The van der Waals surface area contributed by atoms with Gasteiger partial charge in [0.2, 0.25) is 5.91 Å². The van der Waals surface area contributed by atoms with Gasteiger partial charge < -0.3 is 14.5 Å². The lowest BCUT2D eigenvalue weighted by molar-refractivity contribution is -0.132. The molecule has 1 aliphatic heterocycles.